The van der Waals surface area contributed by atoms with Crippen molar-refractivity contribution in [3.05, 3.63) is 39.7 Å². The van der Waals surface area contributed by atoms with E-state index in [4.69, 9.17) is 5.73 Å². The average molecular weight is 332 g/mol. The lowest BCUT2D eigenvalue weighted by Gasteiger charge is -2.31. The van der Waals surface area contributed by atoms with Gasteiger partial charge in [-0.3, -0.25) is 14.9 Å². The molecule has 1 amide bonds. The van der Waals surface area contributed by atoms with Crippen LogP contribution in [0.4, 0.5) is 10.1 Å². The first-order valence-electron chi connectivity index (χ1n) is 6.97. The Morgan fingerprint density at radius 2 is 2.05 bits per heavy atom. The Bertz CT molecular complexity index is 556. The van der Waals surface area contributed by atoms with Crippen LogP contribution in [0.5, 0.6) is 0 Å². The Morgan fingerprint density at radius 1 is 1.36 bits per heavy atom. The van der Waals surface area contributed by atoms with E-state index in [0.717, 1.165) is 43.9 Å². The molecule has 0 spiro atoms. The average Bonchev–Trinajstić information content (AvgIpc) is 2.47. The van der Waals surface area contributed by atoms with Crippen LogP contribution in [0, 0.1) is 21.8 Å². The molecule has 0 heterocycles. The van der Waals surface area contributed by atoms with Crippen molar-refractivity contribution in [3.8, 4) is 0 Å². The van der Waals surface area contributed by atoms with Gasteiger partial charge in [-0.2, -0.15) is 0 Å². The number of nitrogens with one attached hydrogen (secondary N) is 1. The summed E-state index contributed by atoms with van der Waals surface area (Å²) in [5.74, 6) is -1.09. The number of hydrogen-bond acceptors (Lipinski definition) is 4. The van der Waals surface area contributed by atoms with Gasteiger partial charge < -0.3 is 11.1 Å². The van der Waals surface area contributed by atoms with Crippen molar-refractivity contribution in [3.63, 3.8) is 0 Å². The van der Waals surface area contributed by atoms with Crippen molar-refractivity contribution in [2.24, 2.45) is 11.7 Å². The number of hydrogen-bond donors (Lipinski definition) is 2. The zero-order valence-electron chi connectivity index (χ0n) is 12.0. The predicted octanol–water partition coefficient (Wildman–Crippen LogP) is 2.40. The van der Waals surface area contributed by atoms with Crippen LogP contribution in [0.25, 0.3) is 0 Å². The van der Waals surface area contributed by atoms with Gasteiger partial charge in [0.25, 0.3) is 11.6 Å². The van der Waals surface area contributed by atoms with E-state index < -0.39 is 22.3 Å². The van der Waals surface area contributed by atoms with E-state index in [1.165, 1.54) is 0 Å². The minimum atomic E-state index is -0.798. The molecule has 1 aliphatic rings. The van der Waals surface area contributed by atoms with Gasteiger partial charge in [0, 0.05) is 17.7 Å². The third-order valence-electron chi connectivity index (χ3n) is 3.88. The van der Waals surface area contributed by atoms with Crippen LogP contribution in [0.15, 0.2) is 18.2 Å². The monoisotopic (exact) mass is 331 g/mol. The van der Waals surface area contributed by atoms with Crippen LogP contribution in [-0.4, -0.2) is 23.4 Å². The van der Waals surface area contributed by atoms with Gasteiger partial charge in [0.2, 0.25) is 0 Å². The third-order valence-corrected chi connectivity index (χ3v) is 3.88. The highest BCUT2D eigenvalue weighted by Gasteiger charge is 2.26. The van der Waals surface area contributed by atoms with Crippen LogP contribution < -0.4 is 11.1 Å². The number of nitro benzene ring substituents is 1. The molecule has 1 saturated carbocycles. The summed E-state index contributed by atoms with van der Waals surface area (Å²) >= 11 is 0. The summed E-state index contributed by atoms with van der Waals surface area (Å²) in [6.07, 6.45) is 3.86. The van der Waals surface area contributed by atoms with E-state index in [1.807, 2.05) is 0 Å². The van der Waals surface area contributed by atoms with E-state index in [9.17, 15) is 19.3 Å². The lowest BCUT2D eigenvalue weighted by molar-refractivity contribution is -0.385. The second kappa shape index (κ2) is 8.05. The molecule has 2 rings (SSSR count). The second-order valence-electron chi connectivity index (χ2n) is 5.32. The largest absolute Gasteiger partial charge is 0.349 e. The van der Waals surface area contributed by atoms with E-state index in [0.29, 0.717) is 6.54 Å². The normalized spacial score (nSPS) is 20.8. The first kappa shape index (κ1) is 18.3. The molecule has 1 fully saturated rings. The lowest BCUT2D eigenvalue weighted by Crippen LogP contribution is -2.44. The summed E-state index contributed by atoms with van der Waals surface area (Å²) in [5.41, 5.74) is 5.23. The molecule has 1 aromatic carbocycles. The van der Waals surface area contributed by atoms with Crippen LogP contribution >= 0.6 is 12.4 Å². The fraction of sp³-hybridized carbons (Fsp3) is 0.500. The molecule has 2 unspecified atom stereocenters. The number of amides is 1. The fourth-order valence-corrected chi connectivity index (χ4v) is 2.74. The summed E-state index contributed by atoms with van der Waals surface area (Å²) in [5, 5.41) is 13.5. The van der Waals surface area contributed by atoms with Gasteiger partial charge in [-0.05, 0) is 31.4 Å². The Kier molecular flexibility index (Phi) is 6.70. The zero-order chi connectivity index (χ0) is 15.4. The minimum absolute atomic E-state index is 0. The summed E-state index contributed by atoms with van der Waals surface area (Å²) in [4.78, 5) is 22.1. The number of nitrogens with zero attached hydrogens (tertiary/aromatic N) is 1. The number of carbonyl (C=O) groups excluding carboxylic acids is 1. The number of benzene rings is 1. The first-order chi connectivity index (χ1) is 10.0. The van der Waals surface area contributed by atoms with Gasteiger partial charge in [0.15, 0.2) is 0 Å². The second-order valence-corrected chi connectivity index (χ2v) is 5.32. The number of nitrogens with two attached hydrogens (primary N) is 1. The number of halogens is 2. The topological polar surface area (TPSA) is 98.3 Å². The molecule has 1 aromatic rings. The van der Waals surface area contributed by atoms with E-state index in [2.05, 4.69) is 5.32 Å². The maximum atomic E-state index is 13.4. The van der Waals surface area contributed by atoms with Crippen LogP contribution in [0.2, 0.25) is 0 Å². The Morgan fingerprint density at radius 3 is 2.68 bits per heavy atom. The lowest BCUT2D eigenvalue weighted by atomic mass is 9.84. The summed E-state index contributed by atoms with van der Waals surface area (Å²) < 4.78 is 13.4. The van der Waals surface area contributed by atoms with Gasteiger partial charge in [-0.15, -0.1) is 12.4 Å². The molecule has 0 radical (unpaired) electrons. The van der Waals surface area contributed by atoms with Crippen molar-refractivity contribution in [1.82, 2.24) is 5.32 Å². The van der Waals surface area contributed by atoms with Gasteiger partial charge in [-0.1, -0.05) is 12.8 Å². The van der Waals surface area contributed by atoms with Crippen LogP contribution in [0.3, 0.4) is 0 Å². The molecule has 0 saturated heterocycles. The summed E-state index contributed by atoms with van der Waals surface area (Å²) in [7, 11) is 0. The Hall–Kier alpha value is -1.73. The van der Waals surface area contributed by atoms with Gasteiger partial charge in [0.1, 0.15) is 5.82 Å². The molecule has 8 heteroatoms. The maximum absolute atomic E-state index is 13.4. The summed E-state index contributed by atoms with van der Waals surface area (Å²) in [6.45, 7) is 0.480. The van der Waals surface area contributed by atoms with Crippen LogP contribution in [-0.2, 0) is 0 Å². The van der Waals surface area contributed by atoms with Crippen molar-refractivity contribution >= 4 is 24.0 Å². The van der Waals surface area contributed by atoms with E-state index >= 15 is 0 Å². The molecule has 6 nitrogen and oxygen atoms in total. The van der Waals surface area contributed by atoms with Crippen LogP contribution in [0.1, 0.15) is 36.0 Å². The zero-order valence-corrected chi connectivity index (χ0v) is 12.8. The molecule has 0 bridgehead atoms. The highest BCUT2D eigenvalue weighted by Crippen LogP contribution is 2.24. The van der Waals surface area contributed by atoms with Gasteiger partial charge in [0.05, 0.1) is 11.0 Å². The molecular weight excluding hydrogens is 313 g/mol. The molecular formula is C14H19ClFN3O3. The molecule has 0 aliphatic heterocycles. The highest BCUT2D eigenvalue weighted by atomic mass is 35.5. The highest BCUT2D eigenvalue weighted by molar-refractivity contribution is 5.95. The quantitative estimate of drug-likeness (QED) is 0.653. The van der Waals surface area contributed by atoms with Gasteiger partial charge >= 0.3 is 0 Å². The molecule has 3 N–H and O–H groups in total. The van der Waals surface area contributed by atoms with Crippen molar-refractivity contribution < 1.29 is 14.1 Å². The maximum Gasteiger partial charge on any atom is 0.273 e. The van der Waals surface area contributed by atoms with Crippen molar-refractivity contribution in [2.45, 2.75) is 31.7 Å². The third kappa shape index (κ3) is 4.38. The number of rotatable bonds is 4. The van der Waals surface area contributed by atoms with Crippen molar-refractivity contribution in [1.29, 1.82) is 0 Å². The van der Waals surface area contributed by atoms with Gasteiger partial charge in [-0.25, -0.2) is 4.39 Å². The van der Waals surface area contributed by atoms with E-state index in [-0.39, 0.29) is 29.9 Å². The molecule has 1 aliphatic carbocycles. The fourth-order valence-electron chi connectivity index (χ4n) is 2.74. The minimum Gasteiger partial charge on any atom is -0.349 e. The van der Waals surface area contributed by atoms with E-state index in [1.54, 1.807) is 0 Å². The molecule has 0 aromatic heterocycles. The molecule has 22 heavy (non-hydrogen) atoms. The molecule has 2 atom stereocenters. The molecule has 122 valence electrons. The summed E-state index contributed by atoms with van der Waals surface area (Å²) in [6, 6.07) is 2.82. The SMILES string of the molecule is Cl.NCC1CCCCC1NC(=O)c1cc(F)cc([N+](=O)[O-])c1. The number of nitro groups is 1. The smallest absolute Gasteiger partial charge is 0.273 e. The Balaban J connectivity index is 0.00000242. The Labute approximate surface area is 133 Å². The predicted molar refractivity (Wildman–Crippen MR) is 82.6 cm³/mol. The van der Waals surface area contributed by atoms with Crippen molar-refractivity contribution in [2.75, 3.05) is 6.54 Å². The number of non-ortho nitro benzene ring substituents is 1. The number of carbonyl (C=O) groups is 1. The first-order valence-corrected chi connectivity index (χ1v) is 6.97. The standard InChI is InChI=1S/C14H18FN3O3.ClH/c15-11-5-10(6-12(7-11)18(20)21)14(19)17-13-4-2-1-3-9(13)8-16;/h5-7,9,13H,1-4,8,16H2,(H,17,19);1H.